The van der Waals surface area contributed by atoms with Crippen LogP contribution in [0.4, 0.5) is 0 Å². The number of hydrogen-bond donors (Lipinski definition) is 0. The Kier molecular flexibility index (Phi) is 52.9. The van der Waals surface area contributed by atoms with Crippen LogP contribution in [0.15, 0.2) is 97.2 Å². The summed E-state index contributed by atoms with van der Waals surface area (Å²) in [5.41, 5.74) is 0. The minimum absolute atomic E-state index is 0.0793. The predicted octanol–water partition coefficient (Wildman–Crippen LogP) is 18.9. The lowest BCUT2D eigenvalue weighted by molar-refractivity contribution is -0.167. The van der Waals surface area contributed by atoms with Gasteiger partial charge in [-0.15, -0.1) is 0 Å². The third-order valence-corrected chi connectivity index (χ3v) is 11.9. The molecule has 1 unspecified atom stereocenters. The van der Waals surface area contributed by atoms with Gasteiger partial charge in [-0.1, -0.05) is 253 Å². The molecule has 0 aliphatic carbocycles. The van der Waals surface area contributed by atoms with Crippen molar-refractivity contribution in [1.29, 1.82) is 0 Å². The lowest BCUT2D eigenvalue weighted by Crippen LogP contribution is -2.30. The van der Waals surface area contributed by atoms with E-state index >= 15 is 0 Å². The second-order valence-electron chi connectivity index (χ2n) is 18.5. The highest BCUT2D eigenvalue weighted by atomic mass is 16.6. The summed E-state index contributed by atoms with van der Waals surface area (Å²) in [6.07, 6.45) is 74.2. The molecule has 0 saturated carbocycles. The molecular formula is C62H104O6. The molecule has 0 aromatic rings. The molecule has 0 aliphatic heterocycles. The number of carbonyl (C=O) groups excluding carboxylic acids is 3. The fourth-order valence-electron chi connectivity index (χ4n) is 7.63. The van der Waals surface area contributed by atoms with E-state index in [1.54, 1.807) is 0 Å². The number of allylic oxidation sites excluding steroid dienone is 16. The van der Waals surface area contributed by atoms with Crippen LogP contribution in [0, 0.1) is 0 Å². The van der Waals surface area contributed by atoms with E-state index in [9.17, 15) is 14.4 Å². The van der Waals surface area contributed by atoms with Crippen LogP contribution >= 0.6 is 0 Å². The van der Waals surface area contributed by atoms with Gasteiger partial charge in [0.05, 0.1) is 0 Å². The van der Waals surface area contributed by atoms with Crippen LogP contribution in [0.2, 0.25) is 0 Å². The highest BCUT2D eigenvalue weighted by Crippen LogP contribution is 2.15. The van der Waals surface area contributed by atoms with Crippen LogP contribution in [0.25, 0.3) is 0 Å². The largest absolute Gasteiger partial charge is 0.462 e. The molecule has 6 heteroatoms. The summed E-state index contributed by atoms with van der Waals surface area (Å²) in [4.78, 5) is 37.9. The summed E-state index contributed by atoms with van der Waals surface area (Å²) >= 11 is 0. The smallest absolute Gasteiger partial charge is 0.306 e. The van der Waals surface area contributed by atoms with Crippen molar-refractivity contribution < 1.29 is 28.6 Å². The zero-order valence-electron chi connectivity index (χ0n) is 44.3. The number of unbranched alkanes of at least 4 members (excludes halogenated alkanes) is 23. The molecule has 0 spiro atoms. The van der Waals surface area contributed by atoms with E-state index in [0.29, 0.717) is 19.3 Å². The van der Waals surface area contributed by atoms with Crippen LogP contribution in [-0.2, 0) is 28.6 Å². The van der Waals surface area contributed by atoms with Gasteiger partial charge in [-0.2, -0.15) is 0 Å². The van der Waals surface area contributed by atoms with Gasteiger partial charge in [-0.25, -0.2) is 0 Å². The van der Waals surface area contributed by atoms with Crippen LogP contribution in [0.5, 0.6) is 0 Å². The second-order valence-corrected chi connectivity index (χ2v) is 18.5. The first-order chi connectivity index (χ1) is 33.5. The van der Waals surface area contributed by atoms with E-state index in [4.69, 9.17) is 14.2 Å². The van der Waals surface area contributed by atoms with Gasteiger partial charge in [-0.3, -0.25) is 14.4 Å². The summed E-state index contributed by atoms with van der Waals surface area (Å²) in [6.45, 7) is 6.47. The molecule has 1 atom stereocenters. The van der Waals surface area contributed by atoms with E-state index in [0.717, 1.165) is 122 Å². The van der Waals surface area contributed by atoms with Crippen LogP contribution in [0.1, 0.15) is 258 Å². The maximum Gasteiger partial charge on any atom is 0.306 e. The normalized spacial score (nSPS) is 12.8. The van der Waals surface area contributed by atoms with Gasteiger partial charge < -0.3 is 14.2 Å². The van der Waals surface area contributed by atoms with Gasteiger partial charge in [-0.05, 0) is 83.5 Å². The number of rotatable bonds is 50. The summed E-state index contributed by atoms with van der Waals surface area (Å²) in [6, 6.07) is 0. The maximum absolute atomic E-state index is 12.7. The molecule has 0 aromatic heterocycles. The quantitative estimate of drug-likeness (QED) is 0.0262. The van der Waals surface area contributed by atoms with Crippen LogP contribution < -0.4 is 0 Å². The van der Waals surface area contributed by atoms with Crippen molar-refractivity contribution in [2.45, 2.75) is 264 Å². The highest BCUT2D eigenvalue weighted by Gasteiger charge is 2.19. The molecule has 0 amide bonds. The number of carbonyl (C=O) groups is 3. The fraction of sp³-hybridized carbons (Fsp3) is 0.694. The topological polar surface area (TPSA) is 78.9 Å². The minimum atomic E-state index is -0.778. The molecule has 0 N–H and O–H groups in total. The summed E-state index contributed by atoms with van der Waals surface area (Å²) in [5.74, 6) is -0.898. The van der Waals surface area contributed by atoms with Gasteiger partial charge in [0.25, 0.3) is 0 Å². The minimum Gasteiger partial charge on any atom is -0.462 e. The van der Waals surface area contributed by atoms with E-state index in [2.05, 4.69) is 118 Å². The Morgan fingerprint density at radius 1 is 0.309 bits per heavy atom. The van der Waals surface area contributed by atoms with Crippen molar-refractivity contribution in [1.82, 2.24) is 0 Å². The third-order valence-electron chi connectivity index (χ3n) is 11.9. The average Bonchev–Trinajstić information content (AvgIpc) is 3.34. The molecule has 0 radical (unpaired) electrons. The number of esters is 3. The first kappa shape index (κ1) is 64.3. The van der Waals surface area contributed by atoms with Crippen molar-refractivity contribution in [3.05, 3.63) is 97.2 Å². The van der Waals surface area contributed by atoms with Crippen molar-refractivity contribution in [2.75, 3.05) is 13.2 Å². The first-order valence-electron chi connectivity index (χ1n) is 28.2. The molecule has 0 fully saturated rings. The Morgan fingerprint density at radius 3 is 0.897 bits per heavy atom. The molecular weight excluding hydrogens is 841 g/mol. The Balaban J connectivity index is 4.17. The molecule has 0 aromatic carbocycles. The molecule has 6 nitrogen and oxygen atoms in total. The van der Waals surface area contributed by atoms with Crippen LogP contribution in [-0.4, -0.2) is 37.2 Å². The van der Waals surface area contributed by atoms with Crippen molar-refractivity contribution in [2.24, 2.45) is 0 Å². The summed E-state index contributed by atoms with van der Waals surface area (Å²) in [7, 11) is 0. The van der Waals surface area contributed by atoms with Gasteiger partial charge in [0.2, 0.25) is 0 Å². The molecule has 0 heterocycles. The molecule has 0 saturated heterocycles. The Hall–Kier alpha value is -3.67. The molecule has 0 aliphatic rings. The van der Waals surface area contributed by atoms with Gasteiger partial charge in [0, 0.05) is 19.3 Å². The third kappa shape index (κ3) is 53.3. The lowest BCUT2D eigenvalue weighted by atomic mass is 10.1. The van der Waals surface area contributed by atoms with Crippen molar-refractivity contribution >= 4 is 17.9 Å². The molecule has 68 heavy (non-hydrogen) atoms. The summed E-state index contributed by atoms with van der Waals surface area (Å²) in [5, 5.41) is 0. The van der Waals surface area contributed by atoms with Gasteiger partial charge in [0.15, 0.2) is 6.10 Å². The van der Waals surface area contributed by atoms with Gasteiger partial charge in [0.1, 0.15) is 13.2 Å². The van der Waals surface area contributed by atoms with E-state index in [1.165, 1.54) is 96.3 Å². The summed E-state index contributed by atoms with van der Waals surface area (Å²) < 4.78 is 16.7. The first-order valence-corrected chi connectivity index (χ1v) is 28.2. The van der Waals surface area contributed by atoms with E-state index in [1.807, 2.05) is 0 Å². The Labute approximate surface area is 419 Å². The van der Waals surface area contributed by atoms with Crippen molar-refractivity contribution in [3.8, 4) is 0 Å². The molecule has 388 valence electrons. The standard InChI is InChI=1S/C62H104O6/c1-4-7-10-13-16-19-21-22-23-24-25-26-27-28-29-30-31-32-33-34-35-36-37-38-39-40-42-43-46-49-52-55-61(64)67-58-59(57-66-60(63)54-51-48-45-18-15-12-9-6-3)68-62(65)56-53-50-47-44-41-20-17-14-11-8-5-2/h7,10,16,19,22-23,25-26,28-29,31-32,34-35,37-38,59H,4-6,8-9,11-15,17-18,20-21,24,27,30,33,36,39-58H2,1-3H3/b10-7-,19-16-,23-22-,26-25-,29-28-,32-31-,35-34-,38-37-. The fourth-order valence-corrected chi connectivity index (χ4v) is 7.63. The van der Waals surface area contributed by atoms with Crippen molar-refractivity contribution in [3.63, 3.8) is 0 Å². The van der Waals surface area contributed by atoms with E-state index < -0.39 is 6.10 Å². The lowest BCUT2D eigenvalue weighted by Gasteiger charge is -2.18. The average molecular weight is 946 g/mol. The predicted molar refractivity (Wildman–Crippen MR) is 293 cm³/mol. The van der Waals surface area contributed by atoms with E-state index in [-0.39, 0.29) is 31.1 Å². The zero-order chi connectivity index (χ0) is 49.3. The number of hydrogen-bond acceptors (Lipinski definition) is 6. The number of ether oxygens (including phenoxy) is 3. The second kappa shape index (κ2) is 55.9. The zero-order valence-corrected chi connectivity index (χ0v) is 44.3. The molecule has 0 rings (SSSR count). The van der Waals surface area contributed by atoms with Crippen LogP contribution in [0.3, 0.4) is 0 Å². The maximum atomic E-state index is 12.7. The SMILES string of the molecule is CC/C=C\C/C=C\C/C=C\C/C=C\C/C=C\C/C=C\C/C=C\C/C=C\CCCCCCCCC(=O)OCC(COC(=O)CCCCCCCCCC)OC(=O)CCCCCCCCCCCCC. The highest BCUT2D eigenvalue weighted by molar-refractivity contribution is 5.71. The molecule has 0 bridgehead atoms. The Bertz CT molecular complexity index is 1360. The monoisotopic (exact) mass is 945 g/mol. The Morgan fingerprint density at radius 2 is 0.574 bits per heavy atom. The van der Waals surface area contributed by atoms with Gasteiger partial charge >= 0.3 is 17.9 Å².